The highest BCUT2D eigenvalue weighted by atomic mass is 16.5. The van der Waals surface area contributed by atoms with Crippen LogP contribution in [-0.4, -0.2) is 62.6 Å². The van der Waals surface area contributed by atoms with E-state index < -0.39 is 0 Å². The van der Waals surface area contributed by atoms with Gasteiger partial charge in [-0.2, -0.15) is 5.10 Å². The summed E-state index contributed by atoms with van der Waals surface area (Å²) in [4.78, 5) is 6.49. The highest BCUT2D eigenvalue weighted by molar-refractivity contribution is 5.79. The predicted octanol–water partition coefficient (Wildman–Crippen LogP) is 3.15. The number of nitrogens with zero attached hydrogens (tertiary/aromatic N) is 4. The Kier molecular flexibility index (Phi) is 7.96. The third kappa shape index (κ3) is 5.72. The molecule has 3 aromatic rings. The molecule has 0 amide bonds. The number of nitrogens with one attached hydrogen (secondary N) is 1. The third-order valence-corrected chi connectivity index (χ3v) is 5.17. The average Bonchev–Trinajstić information content (AvgIpc) is 3.32. The van der Waals surface area contributed by atoms with E-state index in [1.165, 1.54) is 5.56 Å². The highest BCUT2D eigenvalue weighted by Crippen LogP contribution is 2.27. The van der Waals surface area contributed by atoms with E-state index in [9.17, 15) is 0 Å². The lowest BCUT2D eigenvalue weighted by atomic mass is 10.1. The van der Waals surface area contributed by atoms with Crippen molar-refractivity contribution in [2.45, 2.75) is 13.0 Å². The second-order valence-corrected chi connectivity index (χ2v) is 7.21. The van der Waals surface area contributed by atoms with Crippen molar-refractivity contribution in [1.29, 1.82) is 0 Å². The molecule has 3 rings (SSSR count). The van der Waals surface area contributed by atoms with E-state index in [1.807, 2.05) is 60.4 Å². The molecule has 2 aromatic carbocycles. The smallest absolute Gasteiger partial charge is 0.193 e. The van der Waals surface area contributed by atoms with Gasteiger partial charge in [0.25, 0.3) is 0 Å². The molecule has 8 heteroatoms. The first-order valence-electron chi connectivity index (χ1n) is 10.4. The minimum atomic E-state index is 0.580. The van der Waals surface area contributed by atoms with Crippen LogP contribution in [-0.2, 0) is 13.0 Å². The van der Waals surface area contributed by atoms with Crippen LogP contribution in [0, 0.1) is 0 Å². The van der Waals surface area contributed by atoms with Crippen LogP contribution in [0.1, 0.15) is 11.3 Å². The van der Waals surface area contributed by atoms with Gasteiger partial charge in [-0.1, -0.05) is 6.07 Å². The van der Waals surface area contributed by atoms with E-state index >= 15 is 0 Å². The summed E-state index contributed by atoms with van der Waals surface area (Å²) < 4.78 is 17.8. The molecule has 0 radical (unpaired) electrons. The zero-order valence-electron chi connectivity index (χ0n) is 19.3. The van der Waals surface area contributed by atoms with Gasteiger partial charge in [-0.15, -0.1) is 0 Å². The largest absolute Gasteiger partial charge is 0.497 e. The molecule has 0 aliphatic carbocycles. The molecule has 1 heterocycles. The van der Waals surface area contributed by atoms with E-state index in [4.69, 9.17) is 14.2 Å². The van der Waals surface area contributed by atoms with Gasteiger partial charge in [0.15, 0.2) is 17.5 Å². The van der Waals surface area contributed by atoms with Crippen molar-refractivity contribution >= 4 is 5.96 Å². The minimum Gasteiger partial charge on any atom is -0.497 e. The van der Waals surface area contributed by atoms with E-state index in [1.54, 1.807) is 28.4 Å². The Hall–Kier alpha value is -3.68. The standard InChI is InChI=1S/C24H31N5O3/c1-25-24(28(2)14-12-18-6-11-22(31-4)23(16-18)32-5)26-17-19-13-15-29(27-19)20-7-9-21(30-3)10-8-20/h6-11,13,15-16H,12,14,17H2,1-5H3,(H,25,26). The maximum Gasteiger partial charge on any atom is 0.193 e. The summed E-state index contributed by atoms with van der Waals surface area (Å²) >= 11 is 0. The van der Waals surface area contributed by atoms with Gasteiger partial charge < -0.3 is 24.4 Å². The lowest BCUT2D eigenvalue weighted by Crippen LogP contribution is -2.39. The van der Waals surface area contributed by atoms with Gasteiger partial charge >= 0.3 is 0 Å². The van der Waals surface area contributed by atoms with Crippen molar-refractivity contribution in [3.05, 3.63) is 66.0 Å². The molecular weight excluding hydrogens is 406 g/mol. The van der Waals surface area contributed by atoms with Crippen LogP contribution in [0.2, 0.25) is 0 Å². The van der Waals surface area contributed by atoms with Gasteiger partial charge in [0.1, 0.15) is 5.75 Å². The quantitative estimate of drug-likeness (QED) is 0.410. The molecule has 1 aromatic heterocycles. The number of rotatable bonds is 9. The number of benzene rings is 2. The second kappa shape index (κ2) is 11.1. The van der Waals surface area contributed by atoms with Gasteiger partial charge in [0.05, 0.1) is 39.3 Å². The lowest BCUT2D eigenvalue weighted by Gasteiger charge is -2.22. The van der Waals surface area contributed by atoms with Gasteiger partial charge in [-0.05, 0) is 54.4 Å². The maximum absolute atomic E-state index is 5.40. The first-order chi connectivity index (χ1) is 15.6. The summed E-state index contributed by atoms with van der Waals surface area (Å²) in [7, 11) is 8.75. The number of ether oxygens (including phenoxy) is 3. The van der Waals surface area contributed by atoms with Crippen LogP contribution in [0.3, 0.4) is 0 Å². The predicted molar refractivity (Wildman–Crippen MR) is 126 cm³/mol. The summed E-state index contributed by atoms with van der Waals surface area (Å²) in [5, 5.41) is 8.03. The lowest BCUT2D eigenvalue weighted by molar-refractivity contribution is 0.354. The summed E-state index contributed by atoms with van der Waals surface area (Å²) in [6, 6.07) is 15.8. The van der Waals surface area contributed by atoms with Gasteiger partial charge in [0, 0.05) is 26.8 Å². The number of hydrogen-bond acceptors (Lipinski definition) is 5. The average molecular weight is 438 g/mol. The van der Waals surface area contributed by atoms with E-state index in [0.29, 0.717) is 6.54 Å². The van der Waals surface area contributed by atoms with E-state index in [0.717, 1.165) is 47.6 Å². The first kappa shape index (κ1) is 23.0. The zero-order valence-corrected chi connectivity index (χ0v) is 19.3. The van der Waals surface area contributed by atoms with Crippen molar-refractivity contribution in [2.75, 3.05) is 42.0 Å². The molecule has 0 aliphatic heterocycles. The Morgan fingerprint density at radius 3 is 2.41 bits per heavy atom. The van der Waals surface area contributed by atoms with E-state index in [-0.39, 0.29) is 0 Å². The second-order valence-electron chi connectivity index (χ2n) is 7.21. The Bertz CT molecular complexity index is 1030. The van der Waals surface area contributed by atoms with Crippen molar-refractivity contribution in [1.82, 2.24) is 20.0 Å². The highest BCUT2D eigenvalue weighted by Gasteiger charge is 2.10. The Morgan fingerprint density at radius 2 is 1.75 bits per heavy atom. The fourth-order valence-corrected chi connectivity index (χ4v) is 3.33. The number of hydrogen-bond donors (Lipinski definition) is 1. The fraction of sp³-hybridized carbons (Fsp3) is 0.333. The van der Waals surface area contributed by atoms with Crippen LogP contribution in [0.4, 0.5) is 0 Å². The molecule has 1 N–H and O–H groups in total. The van der Waals surface area contributed by atoms with Crippen LogP contribution in [0.5, 0.6) is 17.2 Å². The molecule has 32 heavy (non-hydrogen) atoms. The third-order valence-electron chi connectivity index (χ3n) is 5.17. The summed E-state index contributed by atoms with van der Waals surface area (Å²) in [6.07, 6.45) is 2.80. The van der Waals surface area contributed by atoms with Gasteiger partial charge in [-0.25, -0.2) is 4.68 Å². The minimum absolute atomic E-state index is 0.580. The van der Waals surface area contributed by atoms with Crippen LogP contribution in [0.25, 0.3) is 5.69 Å². The Balaban J connectivity index is 1.54. The molecule has 0 atom stereocenters. The van der Waals surface area contributed by atoms with Crippen LogP contribution >= 0.6 is 0 Å². The monoisotopic (exact) mass is 437 g/mol. The summed E-state index contributed by atoms with van der Waals surface area (Å²) in [5.41, 5.74) is 3.08. The molecule has 0 saturated heterocycles. The van der Waals surface area contributed by atoms with E-state index in [2.05, 4.69) is 26.4 Å². The van der Waals surface area contributed by atoms with Crippen LogP contribution in [0.15, 0.2) is 59.7 Å². The number of guanidine groups is 1. The maximum atomic E-state index is 5.40. The molecule has 0 spiro atoms. The number of aliphatic imine (C=N–C) groups is 1. The van der Waals surface area contributed by atoms with Gasteiger partial charge in [0.2, 0.25) is 0 Å². The van der Waals surface area contributed by atoms with Crippen molar-refractivity contribution in [2.24, 2.45) is 4.99 Å². The Morgan fingerprint density at radius 1 is 1.00 bits per heavy atom. The molecule has 0 bridgehead atoms. The van der Waals surface area contributed by atoms with Gasteiger partial charge in [-0.3, -0.25) is 4.99 Å². The van der Waals surface area contributed by atoms with Crippen LogP contribution < -0.4 is 19.5 Å². The molecule has 0 fully saturated rings. The number of methoxy groups -OCH3 is 3. The first-order valence-corrected chi connectivity index (χ1v) is 10.4. The molecule has 0 unspecified atom stereocenters. The summed E-state index contributed by atoms with van der Waals surface area (Å²) in [5.74, 6) is 3.10. The van der Waals surface area contributed by atoms with Crippen molar-refractivity contribution in [3.8, 4) is 22.9 Å². The molecule has 170 valence electrons. The zero-order chi connectivity index (χ0) is 22.9. The van der Waals surface area contributed by atoms with Crippen molar-refractivity contribution < 1.29 is 14.2 Å². The normalized spacial score (nSPS) is 11.2. The number of aromatic nitrogens is 2. The SMILES string of the molecule is CN=C(NCc1ccn(-c2ccc(OC)cc2)n1)N(C)CCc1ccc(OC)c(OC)c1. The molecule has 8 nitrogen and oxygen atoms in total. The Labute approximate surface area is 189 Å². The fourth-order valence-electron chi connectivity index (χ4n) is 3.33. The summed E-state index contributed by atoms with van der Waals surface area (Å²) in [6.45, 7) is 1.38. The number of likely N-dealkylation sites (N-methyl/N-ethyl adjacent to an activating group) is 1. The molecule has 0 saturated carbocycles. The van der Waals surface area contributed by atoms with Crippen molar-refractivity contribution in [3.63, 3.8) is 0 Å². The topological polar surface area (TPSA) is 73.1 Å². The molecule has 0 aliphatic rings. The molecular formula is C24H31N5O3.